The highest BCUT2D eigenvalue weighted by molar-refractivity contribution is 6.00. The molecule has 1 heterocycles. The van der Waals surface area contributed by atoms with Gasteiger partial charge in [-0.05, 0) is 55.1 Å². The van der Waals surface area contributed by atoms with Crippen molar-refractivity contribution in [2.45, 2.75) is 50.2 Å². The molecule has 12 heteroatoms. The lowest BCUT2D eigenvalue weighted by Crippen LogP contribution is -2.57. The summed E-state index contributed by atoms with van der Waals surface area (Å²) in [5.74, 6) is -3.64. The Morgan fingerprint density at radius 3 is 1.87 bits per heavy atom. The molecule has 0 saturated heterocycles. The Morgan fingerprint density at radius 2 is 1.30 bits per heavy atom. The van der Waals surface area contributed by atoms with Crippen molar-refractivity contribution in [3.63, 3.8) is 0 Å². The van der Waals surface area contributed by atoms with Gasteiger partial charge in [0.15, 0.2) is 0 Å². The Hall–Kier alpha value is -5.49. The second-order valence-corrected chi connectivity index (χ2v) is 10.8. The summed E-state index contributed by atoms with van der Waals surface area (Å²) in [5, 5.41) is 27.6. The minimum atomic E-state index is -1.24. The molecule has 0 saturated carbocycles. The van der Waals surface area contributed by atoms with Crippen LogP contribution in [-0.4, -0.2) is 58.6 Å². The zero-order valence-electron chi connectivity index (χ0n) is 25.0. The first-order chi connectivity index (χ1) is 22.1. The number of hydrogen-bond acceptors (Lipinski definition) is 8. The SMILES string of the molecule is NCCCC[C@H](NC(=O)[C@H](Cc1ccccc1)NC(=O)[C@H](Cc1ccccc1)NC(=O)c1cc2ccc(O)cc2oc1=O)C(=O)O. The summed E-state index contributed by atoms with van der Waals surface area (Å²) in [7, 11) is 0. The van der Waals surface area contributed by atoms with Crippen molar-refractivity contribution in [3.8, 4) is 5.75 Å². The maximum Gasteiger partial charge on any atom is 0.349 e. The van der Waals surface area contributed by atoms with Gasteiger partial charge in [0.25, 0.3) is 5.91 Å². The average molecular weight is 629 g/mol. The van der Waals surface area contributed by atoms with Gasteiger partial charge in [-0.25, -0.2) is 9.59 Å². The summed E-state index contributed by atoms with van der Waals surface area (Å²) in [4.78, 5) is 65.3. The van der Waals surface area contributed by atoms with E-state index < -0.39 is 47.4 Å². The van der Waals surface area contributed by atoms with E-state index in [1.165, 1.54) is 24.3 Å². The third-order valence-electron chi connectivity index (χ3n) is 7.35. The number of carbonyl (C=O) groups excluding carboxylic acids is 3. The number of unbranched alkanes of at least 4 members (excludes halogenated alkanes) is 1. The number of amides is 3. The van der Waals surface area contributed by atoms with Crippen LogP contribution in [0.1, 0.15) is 40.7 Å². The molecular formula is C34H36N4O8. The normalized spacial score (nSPS) is 12.9. The predicted octanol–water partition coefficient (Wildman–Crippen LogP) is 2.27. The number of benzene rings is 3. The number of hydrogen-bond donors (Lipinski definition) is 6. The first-order valence-electron chi connectivity index (χ1n) is 14.8. The number of fused-ring (bicyclic) bond motifs is 1. The standard InChI is InChI=1S/C34H36N4O8/c35-16-8-7-13-26(33(43)44)36-31(41)28(18-22-11-5-2-6-12-22)38-32(42)27(17-21-9-3-1-4-10-21)37-30(40)25-19-23-14-15-24(39)20-29(23)46-34(25)45/h1-6,9-12,14-15,19-20,26-28,39H,7-8,13,16-18,35H2,(H,36,41)(H,37,40)(H,38,42)(H,43,44)/t26-,27-,28-/m0/s1. The smallest absolute Gasteiger partial charge is 0.349 e. The number of nitrogens with one attached hydrogen (secondary N) is 3. The summed E-state index contributed by atoms with van der Waals surface area (Å²) < 4.78 is 5.22. The van der Waals surface area contributed by atoms with Gasteiger partial charge in [0.1, 0.15) is 35.0 Å². The van der Waals surface area contributed by atoms with E-state index in [9.17, 15) is 34.2 Å². The van der Waals surface area contributed by atoms with Crippen LogP contribution >= 0.6 is 0 Å². The lowest BCUT2D eigenvalue weighted by molar-refractivity contribution is -0.142. The zero-order chi connectivity index (χ0) is 33.1. The van der Waals surface area contributed by atoms with Crippen molar-refractivity contribution in [1.29, 1.82) is 0 Å². The molecule has 0 aliphatic carbocycles. The highest BCUT2D eigenvalue weighted by Gasteiger charge is 2.30. The third-order valence-corrected chi connectivity index (χ3v) is 7.35. The molecule has 0 bridgehead atoms. The van der Waals surface area contributed by atoms with Gasteiger partial charge in [0, 0.05) is 24.3 Å². The van der Waals surface area contributed by atoms with E-state index in [2.05, 4.69) is 16.0 Å². The number of aliphatic carboxylic acids is 1. The molecule has 0 radical (unpaired) electrons. The molecular weight excluding hydrogens is 592 g/mol. The number of carboxylic acid groups (broad SMARTS) is 1. The van der Waals surface area contributed by atoms with Gasteiger partial charge in [0.2, 0.25) is 11.8 Å². The van der Waals surface area contributed by atoms with E-state index in [1.807, 2.05) is 0 Å². The largest absolute Gasteiger partial charge is 0.508 e. The summed E-state index contributed by atoms with van der Waals surface area (Å²) in [6.45, 7) is 0.381. The second kappa shape index (κ2) is 16.0. The molecule has 3 atom stereocenters. The number of carbonyl (C=O) groups is 4. The zero-order valence-corrected chi connectivity index (χ0v) is 25.0. The topological polar surface area (TPSA) is 201 Å². The van der Waals surface area contributed by atoms with Crippen LogP contribution in [0, 0.1) is 0 Å². The van der Waals surface area contributed by atoms with E-state index in [1.54, 1.807) is 60.7 Å². The van der Waals surface area contributed by atoms with Gasteiger partial charge in [-0.15, -0.1) is 0 Å². The van der Waals surface area contributed by atoms with Gasteiger partial charge in [0.05, 0.1) is 0 Å². The molecule has 4 aromatic rings. The van der Waals surface area contributed by atoms with Crippen LogP contribution in [0.2, 0.25) is 0 Å². The van der Waals surface area contributed by atoms with Crippen LogP contribution in [0.3, 0.4) is 0 Å². The number of nitrogens with two attached hydrogens (primary N) is 1. The van der Waals surface area contributed by atoms with Crippen LogP contribution in [0.5, 0.6) is 5.75 Å². The Bertz CT molecular complexity index is 1730. The predicted molar refractivity (Wildman–Crippen MR) is 170 cm³/mol. The molecule has 12 nitrogen and oxygen atoms in total. The monoisotopic (exact) mass is 628 g/mol. The fraction of sp³-hybridized carbons (Fsp3) is 0.265. The molecule has 0 spiro atoms. The highest BCUT2D eigenvalue weighted by atomic mass is 16.4. The molecule has 7 N–H and O–H groups in total. The fourth-order valence-electron chi connectivity index (χ4n) is 4.91. The van der Waals surface area contributed by atoms with Crippen molar-refractivity contribution < 1.29 is 33.8 Å². The molecule has 240 valence electrons. The number of phenolic OH excluding ortho intramolecular Hbond substituents is 1. The first-order valence-corrected chi connectivity index (χ1v) is 14.8. The molecule has 0 fully saturated rings. The average Bonchev–Trinajstić information content (AvgIpc) is 3.04. The van der Waals surface area contributed by atoms with Gasteiger partial charge in [-0.3, -0.25) is 14.4 Å². The molecule has 0 aliphatic heterocycles. The lowest BCUT2D eigenvalue weighted by atomic mass is 10.0. The highest BCUT2D eigenvalue weighted by Crippen LogP contribution is 2.19. The van der Waals surface area contributed by atoms with Gasteiger partial charge < -0.3 is 36.3 Å². The lowest BCUT2D eigenvalue weighted by Gasteiger charge is -2.25. The maximum absolute atomic E-state index is 13.8. The number of rotatable bonds is 15. The van der Waals surface area contributed by atoms with E-state index in [4.69, 9.17) is 10.2 Å². The number of phenols is 1. The second-order valence-electron chi connectivity index (χ2n) is 10.8. The Kier molecular flexibility index (Phi) is 11.6. The minimum absolute atomic E-state index is 0.0156. The fourth-order valence-corrected chi connectivity index (χ4v) is 4.91. The number of aromatic hydroxyl groups is 1. The Morgan fingerprint density at radius 1 is 0.739 bits per heavy atom. The molecule has 0 unspecified atom stereocenters. The van der Waals surface area contributed by atoms with Crippen molar-refractivity contribution >= 4 is 34.7 Å². The molecule has 46 heavy (non-hydrogen) atoms. The van der Waals surface area contributed by atoms with Crippen LogP contribution in [-0.2, 0) is 27.2 Å². The summed E-state index contributed by atoms with van der Waals surface area (Å²) in [6, 6.07) is 19.5. The molecule has 3 amide bonds. The quantitative estimate of drug-likeness (QED) is 0.0844. The van der Waals surface area contributed by atoms with Crippen LogP contribution in [0.4, 0.5) is 0 Å². The van der Waals surface area contributed by atoms with E-state index in [-0.39, 0.29) is 36.2 Å². The summed E-state index contributed by atoms with van der Waals surface area (Å²) in [6.07, 6.45) is 1.29. The van der Waals surface area contributed by atoms with Crippen LogP contribution < -0.4 is 27.3 Å². The van der Waals surface area contributed by atoms with E-state index in [0.29, 0.717) is 35.9 Å². The first kappa shape index (κ1) is 33.4. The third kappa shape index (κ3) is 9.26. The maximum atomic E-state index is 13.8. The Labute approximate surface area is 264 Å². The van der Waals surface area contributed by atoms with Gasteiger partial charge in [-0.1, -0.05) is 60.7 Å². The van der Waals surface area contributed by atoms with E-state index >= 15 is 0 Å². The van der Waals surface area contributed by atoms with Gasteiger partial charge >= 0.3 is 11.6 Å². The summed E-state index contributed by atoms with van der Waals surface area (Å²) in [5.41, 5.74) is 5.69. The summed E-state index contributed by atoms with van der Waals surface area (Å²) >= 11 is 0. The van der Waals surface area contributed by atoms with Crippen molar-refractivity contribution in [3.05, 3.63) is 112 Å². The van der Waals surface area contributed by atoms with Crippen molar-refractivity contribution in [2.24, 2.45) is 5.73 Å². The van der Waals surface area contributed by atoms with Gasteiger partial charge in [-0.2, -0.15) is 0 Å². The minimum Gasteiger partial charge on any atom is -0.508 e. The Balaban J connectivity index is 1.60. The molecule has 0 aliphatic rings. The van der Waals surface area contributed by atoms with Crippen LogP contribution in [0.15, 0.2) is 94.1 Å². The van der Waals surface area contributed by atoms with E-state index in [0.717, 1.165) is 0 Å². The molecule has 1 aromatic heterocycles. The van der Waals surface area contributed by atoms with Crippen molar-refractivity contribution in [1.82, 2.24) is 16.0 Å². The number of carboxylic acids is 1. The molecule has 3 aromatic carbocycles. The van der Waals surface area contributed by atoms with Crippen LogP contribution in [0.25, 0.3) is 11.0 Å². The van der Waals surface area contributed by atoms with Crippen molar-refractivity contribution in [2.75, 3.05) is 6.54 Å². The molecule has 4 rings (SSSR count).